The summed E-state index contributed by atoms with van der Waals surface area (Å²) in [4.78, 5) is 12.9. The molecule has 1 amide bonds. The van der Waals surface area contributed by atoms with Crippen molar-refractivity contribution in [2.75, 3.05) is 5.75 Å². The third-order valence-electron chi connectivity index (χ3n) is 3.15. The minimum Gasteiger partial charge on any atom is -0.350 e. The van der Waals surface area contributed by atoms with Crippen molar-refractivity contribution in [1.82, 2.24) is 5.32 Å². The van der Waals surface area contributed by atoms with Gasteiger partial charge in [-0.2, -0.15) is 0 Å². The summed E-state index contributed by atoms with van der Waals surface area (Å²) in [6, 6.07) is 10.0. The lowest BCUT2D eigenvalue weighted by atomic mass is 10.1. The molecule has 1 atom stereocenters. The number of benzene rings is 1. The van der Waals surface area contributed by atoms with E-state index in [2.05, 4.69) is 5.32 Å². The topological polar surface area (TPSA) is 46.2 Å². The zero-order chi connectivity index (χ0) is 15.2. The highest BCUT2D eigenvalue weighted by Crippen LogP contribution is 2.13. The van der Waals surface area contributed by atoms with Gasteiger partial charge in [-0.3, -0.25) is 9.00 Å². The van der Waals surface area contributed by atoms with Gasteiger partial charge in [0.05, 0.1) is 6.54 Å². The zero-order valence-electron chi connectivity index (χ0n) is 12.2. The van der Waals surface area contributed by atoms with Crippen LogP contribution in [0.15, 0.2) is 35.7 Å². The van der Waals surface area contributed by atoms with Crippen LogP contribution in [0.25, 0.3) is 0 Å². The van der Waals surface area contributed by atoms with Gasteiger partial charge in [-0.1, -0.05) is 29.8 Å². The molecule has 0 aliphatic carbocycles. The van der Waals surface area contributed by atoms with Crippen molar-refractivity contribution in [2.24, 2.45) is 0 Å². The molecule has 0 fully saturated rings. The van der Waals surface area contributed by atoms with Crippen LogP contribution >= 0.6 is 11.3 Å². The van der Waals surface area contributed by atoms with Gasteiger partial charge in [0.15, 0.2) is 0 Å². The lowest BCUT2D eigenvalue weighted by Gasteiger charge is -2.07. The van der Waals surface area contributed by atoms with Gasteiger partial charge in [0.2, 0.25) is 5.91 Å². The standard InChI is InChI=1S/C16H19NO2S2/c1-12-5-6-13(2)14(8-12)10-21(19)11-16(18)17-9-15-4-3-7-20-15/h3-8H,9-11H2,1-2H3,(H,17,18)/t21-/m0/s1. The van der Waals surface area contributed by atoms with E-state index in [1.54, 1.807) is 11.3 Å². The van der Waals surface area contributed by atoms with E-state index in [1.165, 1.54) is 0 Å². The Kier molecular flexibility index (Phi) is 5.70. The molecule has 21 heavy (non-hydrogen) atoms. The highest BCUT2D eigenvalue weighted by molar-refractivity contribution is 7.84. The predicted molar refractivity (Wildman–Crippen MR) is 88.8 cm³/mol. The van der Waals surface area contributed by atoms with Crippen LogP contribution in [-0.4, -0.2) is 15.9 Å². The van der Waals surface area contributed by atoms with Crippen molar-refractivity contribution in [3.63, 3.8) is 0 Å². The van der Waals surface area contributed by atoms with E-state index in [4.69, 9.17) is 0 Å². The Morgan fingerprint density at radius 1 is 1.29 bits per heavy atom. The smallest absolute Gasteiger partial charge is 0.232 e. The largest absolute Gasteiger partial charge is 0.350 e. The van der Waals surface area contributed by atoms with Crippen molar-refractivity contribution in [1.29, 1.82) is 0 Å². The lowest BCUT2D eigenvalue weighted by Crippen LogP contribution is -2.28. The number of aryl methyl sites for hydroxylation is 2. The molecule has 0 unspecified atom stereocenters. The molecule has 1 aromatic heterocycles. The molecule has 1 aromatic carbocycles. The fourth-order valence-corrected chi connectivity index (χ4v) is 3.78. The average Bonchev–Trinajstić information content (AvgIpc) is 2.94. The summed E-state index contributed by atoms with van der Waals surface area (Å²) >= 11 is 1.60. The third kappa shape index (κ3) is 5.10. The summed E-state index contributed by atoms with van der Waals surface area (Å²) in [6.07, 6.45) is 0. The van der Waals surface area contributed by atoms with Crippen LogP contribution in [0.3, 0.4) is 0 Å². The molecular weight excluding hydrogens is 302 g/mol. The second-order valence-electron chi connectivity index (χ2n) is 5.01. The Hall–Kier alpha value is -1.46. The first-order valence-electron chi connectivity index (χ1n) is 6.75. The summed E-state index contributed by atoms with van der Waals surface area (Å²) in [5.74, 6) is 0.325. The number of thiophene rings is 1. The molecule has 112 valence electrons. The third-order valence-corrected chi connectivity index (χ3v) is 5.25. The van der Waals surface area contributed by atoms with Crippen LogP contribution in [0, 0.1) is 13.8 Å². The van der Waals surface area contributed by atoms with Crippen LogP contribution in [0.5, 0.6) is 0 Å². The number of hydrogen-bond donors (Lipinski definition) is 1. The highest BCUT2D eigenvalue weighted by atomic mass is 32.2. The average molecular weight is 321 g/mol. The zero-order valence-corrected chi connectivity index (χ0v) is 13.9. The maximum Gasteiger partial charge on any atom is 0.232 e. The molecule has 0 spiro atoms. The molecule has 0 bridgehead atoms. The predicted octanol–water partition coefficient (Wildman–Crippen LogP) is 2.93. The van der Waals surface area contributed by atoms with Gasteiger partial charge in [0.25, 0.3) is 0 Å². The summed E-state index contributed by atoms with van der Waals surface area (Å²) in [7, 11) is -1.18. The number of nitrogens with one attached hydrogen (secondary N) is 1. The second-order valence-corrected chi connectivity index (χ2v) is 7.50. The van der Waals surface area contributed by atoms with Crippen molar-refractivity contribution < 1.29 is 9.00 Å². The molecule has 1 heterocycles. The molecule has 2 rings (SSSR count). The van der Waals surface area contributed by atoms with Gasteiger partial charge in [-0.15, -0.1) is 11.3 Å². The summed E-state index contributed by atoms with van der Waals surface area (Å²) in [6.45, 7) is 4.53. The minimum absolute atomic E-state index is 0.0543. The van der Waals surface area contributed by atoms with Crippen molar-refractivity contribution >= 4 is 28.0 Å². The van der Waals surface area contributed by atoms with Gasteiger partial charge in [0.1, 0.15) is 5.75 Å². The first-order chi connectivity index (χ1) is 10.0. The quantitative estimate of drug-likeness (QED) is 0.889. The van der Waals surface area contributed by atoms with E-state index in [-0.39, 0.29) is 11.7 Å². The van der Waals surface area contributed by atoms with Gasteiger partial charge in [-0.25, -0.2) is 0 Å². The first-order valence-corrected chi connectivity index (χ1v) is 9.11. The molecule has 1 N–H and O–H groups in total. The summed E-state index contributed by atoms with van der Waals surface area (Å²) < 4.78 is 12.1. The summed E-state index contributed by atoms with van der Waals surface area (Å²) in [5, 5.41) is 4.78. The maximum atomic E-state index is 12.1. The molecule has 5 heteroatoms. The normalized spacial score (nSPS) is 12.1. The maximum absolute atomic E-state index is 12.1. The van der Waals surface area contributed by atoms with Gasteiger partial charge >= 0.3 is 0 Å². The molecule has 0 saturated carbocycles. The van der Waals surface area contributed by atoms with Crippen LogP contribution in [0.2, 0.25) is 0 Å². The number of carbonyl (C=O) groups is 1. The van der Waals surface area contributed by atoms with Crippen LogP contribution in [-0.2, 0) is 27.9 Å². The molecule has 0 saturated heterocycles. The van der Waals surface area contributed by atoms with Crippen molar-refractivity contribution in [3.05, 3.63) is 57.3 Å². The van der Waals surface area contributed by atoms with Crippen LogP contribution in [0.4, 0.5) is 0 Å². The van der Waals surface area contributed by atoms with Crippen LogP contribution < -0.4 is 5.32 Å². The van der Waals surface area contributed by atoms with E-state index in [0.29, 0.717) is 12.3 Å². The molecule has 0 aliphatic rings. The SMILES string of the molecule is Cc1ccc(C)c(C[S@](=O)CC(=O)NCc2cccs2)c1. The Morgan fingerprint density at radius 3 is 2.81 bits per heavy atom. The van der Waals surface area contributed by atoms with E-state index in [0.717, 1.165) is 21.6 Å². The number of rotatable bonds is 6. The van der Waals surface area contributed by atoms with Crippen molar-refractivity contribution in [3.8, 4) is 0 Å². The molecule has 3 nitrogen and oxygen atoms in total. The monoisotopic (exact) mass is 321 g/mol. The second kappa shape index (κ2) is 7.52. The minimum atomic E-state index is -1.18. The molecule has 2 aromatic rings. The Labute approximate surface area is 131 Å². The van der Waals surface area contributed by atoms with Gasteiger partial charge < -0.3 is 5.32 Å². The van der Waals surface area contributed by atoms with E-state index < -0.39 is 10.8 Å². The lowest BCUT2D eigenvalue weighted by molar-refractivity contribution is -0.118. The van der Waals surface area contributed by atoms with E-state index >= 15 is 0 Å². The summed E-state index contributed by atoms with van der Waals surface area (Å²) in [5.41, 5.74) is 3.32. The fraction of sp³-hybridized carbons (Fsp3) is 0.312. The van der Waals surface area contributed by atoms with Gasteiger partial charge in [0, 0.05) is 21.4 Å². The fourth-order valence-electron chi connectivity index (χ4n) is 1.98. The molecule has 0 aliphatic heterocycles. The number of carbonyl (C=O) groups excluding carboxylic acids is 1. The highest BCUT2D eigenvalue weighted by Gasteiger charge is 2.10. The molecule has 0 radical (unpaired) electrons. The Morgan fingerprint density at radius 2 is 2.10 bits per heavy atom. The van der Waals surface area contributed by atoms with Crippen molar-refractivity contribution in [2.45, 2.75) is 26.1 Å². The number of amides is 1. The first kappa shape index (κ1) is 15.9. The van der Waals surface area contributed by atoms with Gasteiger partial charge in [-0.05, 0) is 36.4 Å². The van der Waals surface area contributed by atoms with E-state index in [1.807, 2.05) is 49.6 Å². The Bertz CT molecular complexity index is 636. The van der Waals surface area contributed by atoms with E-state index in [9.17, 15) is 9.00 Å². The number of hydrogen-bond acceptors (Lipinski definition) is 3. The molecular formula is C16H19NO2S2. The van der Waals surface area contributed by atoms with Crippen LogP contribution in [0.1, 0.15) is 21.6 Å². The Balaban J connectivity index is 1.83.